The van der Waals surface area contributed by atoms with Gasteiger partial charge in [-0.1, -0.05) is 6.07 Å². The third kappa shape index (κ3) is 2.56. The van der Waals surface area contributed by atoms with Gasteiger partial charge in [0.25, 0.3) is 0 Å². The van der Waals surface area contributed by atoms with Gasteiger partial charge in [-0.3, -0.25) is 4.68 Å². The van der Waals surface area contributed by atoms with Crippen LogP contribution in [-0.2, 0) is 0 Å². The minimum atomic E-state index is 0.516. The Balaban J connectivity index is 1.81. The maximum Gasteiger partial charge on any atom is 0.144 e. The van der Waals surface area contributed by atoms with Gasteiger partial charge in [-0.05, 0) is 38.4 Å². The van der Waals surface area contributed by atoms with Crippen LogP contribution in [-0.4, -0.2) is 47.6 Å². The summed E-state index contributed by atoms with van der Waals surface area (Å²) in [4.78, 5) is 6.59. The molecule has 2 N–H and O–H groups in total. The van der Waals surface area contributed by atoms with Crippen LogP contribution in [0.3, 0.4) is 0 Å². The van der Waals surface area contributed by atoms with Crippen LogP contribution in [0.1, 0.15) is 18.9 Å². The summed E-state index contributed by atoms with van der Waals surface area (Å²) < 4.78 is 2.11. The zero-order valence-corrected chi connectivity index (χ0v) is 12.1. The fourth-order valence-corrected chi connectivity index (χ4v) is 2.69. The Hall–Kier alpha value is -1.82. The van der Waals surface area contributed by atoms with Gasteiger partial charge in [0.15, 0.2) is 0 Å². The fraction of sp³-hybridized carbons (Fsp3) is 0.429. The van der Waals surface area contributed by atoms with Crippen LogP contribution in [0.4, 0.5) is 5.82 Å². The lowest BCUT2D eigenvalue weighted by molar-refractivity contribution is 0.212. The lowest BCUT2D eigenvalue weighted by atomic mass is 9.94. The van der Waals surface area contributed by atoms with Crippen molar-refractivity contribution in [3.63, 3.8) is 0 Å². The van der Waals surface area contributed by atoms with Crippen LogP contribution in [0.2, 0.25) is 0 Å². The highest BCUT2D eigenvalue weighted by Crippen LogP contribution is 2.24. The summed E-state index contributed by atoms with van der Waals surface area (Å²) in [6.45, 7) is 2.28. The number of nitrogen functional groups attached to an aromatic ring is 1. The van der Waals surface area contributed by atoms with Crippen LogP contribution in [0.25, 0.3) is 11.1 Å². The van der Waals surface area contributed by atoms with Gasteiger partial charge in [-0.15, -0.1) is 0 Å². The number of rotatable bonds is 2. The molecular weight excluding hydrogens is 249 g/mol. The highest BCUT2D eigenvalue weighted by molar-refractivity contribution is 6.35. The predicted octanol–water partition coefficient (Wildman–Crippen LogP) is 0.0524. The molecule has 1 fully saturated rings. The monoisotopic (exact) mass is 269 g/mol. The number of anilines is 1. The van der Waals surface area contributed by atoms with Gasteiger partial charge >= 0.3 is 0 Å². The number of likely N-dealkylation sites (tertiary alicyclic amines) is 1. The summed E-state index contributed by atoms with van der Waals surface area (Å²) in [7, 11) is 4.15. The number of nitrogens with zero attached hydrogens (tertiary/aromatic N) is 4. The van der Waals surface area contributed by atoms with E-state index in [9.17, 15) is 0 Å². The lowest BCUT2D eigenvalue weighted by Gasteiger charge is -2.28. The van der Waals surface area contributed by atoms with Crippen LogP contribution in [0.15, 0.2) is 24.7 Å². The Kier molecular flexibility index (Phi) is 3.48. The Morgan fingerprint density at radius 3 is 2.70 bits per heavy atom. The smallest absolute Gasteiger partial charge is 0.144 e. The largest absolute Gasteiger partial charge is 0.384 e. The first-order chi connectivity index (χ1) is 9.63. The van der Waals surface area contributed by atoms with E-state index in [1.54, 1.807) is 0 Å². The Bertz CT molecular complexity index is 601. The molecule has 0 bridgehead atoms. The normalized spacial score (nSPS) is 17.4. The van der Waals surface area contributed by atoms with Crippen LogP contribution >= 0.6 is 0 Å². The Morgan fingerprint density at radius 1 is 1.25 bits per heavy atom. The molecule has 6 heteroatoms. The molecule has 20 heavy (non-hydrogen) atoms. The number of hydrogen-bond acceptors (Lipinski definition) is 4. The van der Waals surface area contributed by atoms with Gasteiger partial charge in [0.1, 0.15) is 13.7 Å². The molecule has 2 aromatic rings. The van der Waals surface area contributed by atoms with E-state index in [0.717, 1.165) is 42.5 Å². The van der Waals surface area contributed by atoms with Crippen molar-refractivity contribution in [3.05, 3.63) is 24.7 Å². The maximum atomic E-state index is 5.77. The SMILES string of the molecule is Bc1cc(-c2cnn(C3CCN(C)CC3)c2)cnc1N. The van der Waals surface area contributed by atoms with E-state index in [4.69, 9.17) is 5.73 Å². The average molecular weight is 269 g/mol. The zero-order chi connectivity index (χ0) is 14.1. The van der Waals surface area contributed by atoms with Crippen molar-refractivity contribution in [2.75, 3.05) is 25.9 Å². The average Bonchev–Trinajstić information content (AvgIpc) is 2.92. The topological polar surface area (TPSA) is 60.0 Å². The minimum Gasteiger partial charge on any atom is -0.384 e. The highest BCUT2D eigenvalue weighted by atomic mass is 15.3. The van der Waals surface area contributed by atoms with E-state index in [2.05, 4.69) is 39.0 Å². The van der Waals surface area contributed by atoms with Gasteiger partial charge < -0.3 is 10.6 Å². The molecular formula is C14H20BN5. The molecule has 3 heterocycles. The quantitative estimate of drug-likeness (QED) is 0.783. The van der Waals surface area contributed by atoms with Crippen LogP contribution in [0, 0.1) is 0 Å². The van der Waals surface area contributed by atoms with Gasteiger partial charge in [-0.25, -0.2) is 4.98 Å². The summed E-state index contributed by atoms with van der Waals surface area (Å²) in [5.41, 5.74) is 8.96. The second kappa shape index (κ2) is 5.29. The number of aromatic nitrogens is 3. The van der Waals surface area contributed by atoms with Crippen molar-refractivity contribution in [2.45, 2.75) is 18.9 Å². The maximum absolute atomic E-state index is 5.77. The van der Waals surface area contributed by atoms with E-state index in [-0.39, 0.29) is 0 Å². The van der Waals surface area contributed by atoms with Crippen molar-refractivity contribution in [1.82, 2.24) is 19.7 Å². The third-order valence-corrected chi connectivity index (χ3v) is 4.12. The molecule has 1 aliphatic rings. The zero-order valence-electron chi connectivity index (χ0n) is 12.1. The molecule has 1 saturated heterocycles. The van der Waals surface area contributed by atoms with Gasteiger partial charge in [0, 0.05) is 23.5 Å². The molecule has 0 amide bonds. The first-order valence-electron chi connectivity index (χ1n) is 7.08. The van der Waals surface area contributed by atoms with E-state index >= 15 is 0 Å². The first-order valence-corrected chi connectivity index (χ1v) is 7.08. The number of pyridine rings is 1. The van der Waals surface area contributed by atoms with Crippen molar-refractivity contribution < 1.29 is 0 Å². The lowest BCUT2D eigenvalue weighted by Crippen LogP contribution is -2.31. The molecule has 0 atom stereocenters. The van der Waals surface area contributed by atoms with Crippen molar-refractivity contribution in [2.24, 2.45) is 0 Å². The molecule has 104 valence electrons. The molecule has 5 nitrogen and oxygen atoms in total. The molecule has 0 unspecified atom stereocenters. The predicted molar refractivity (Wildman–Crippen MR) is 83.8 cm³/mol. The van der Waals surface area contributed by atoms with E-state index < -0.39 is 0 Å². The van der Waals surface area contributed by atoms with E-state index in [1.807, 2.05) is 20.2 Å². The van der Waals surface area contributed by atoms with Crippen LogP contribution in [0.5, 0.6) is 0 Å². The molecule has 0 aliphatic carbocycles. The Labute approximate surface area is 120 Å². The van der Waals surface area contributed by atoms with Crippen molar-refractivity contribution >= 4 is 19.1 Å². The third-order valence-electron chi connectivity index (χ3n) is 4.12. The first kappa shape index (κ1) is 13.2. The number of hydrogen-bond donors (Lipinski definition) is 1. The summed E-state index contributed by atoms with van der Waals surface area (Å²) in [6, 6.07) is 2.58. The van der Waals surface area contributed by atoms with E-state index in [1.165, 1.54) is 0 Å². The summed E-state index contributed by atoms with van der Waals surface area (Å²) >= 11 is 0. The molecule has 2 aromatic heterocycles. The highest BCUT2D eigenvalue weighted by Gasteiger charge is 2.19. The molecule has 0 aromatic carbocycles. The molecule has 0 spiro atoms. The molecule has 1 aliphatic heterocycles. The van der Waals surface area contributed by atoms with E-state index in [0.29, 0.717) is 11.9 Å². The fourth-order valence-electron chi connectivity index (χ4n) is 2.69. The summed E-state index contributed by atoms with van der Waals surface area (Å²) in [5.74, 6) is 0.594. The summed E-state index contributed by atoms with van der Waals surface area (Å²) in [5, 5.41) is 4.53. The van der Waals surface area contributed by atoms with Crippen LogP contribution < -0.4 is 11.2 Å². The van der Waals surface area contributed by atoms with Gasteiger partial charge in [-0.2, -0.15) is 5.10 Å². The molecule has 0 saturated carbocycles. The number of piperidine rings is 1. The summed E-state index contributed by atoms with van der Waals surface area (Å²) in [6.07, 6.45) is 8.19. The molecule has 0 radical (unpaired) electrons. The second-order valence-electron chi connectivity index (χ2n) is 5.67. The standard InChI is InChI=1S/C14H20BN5/c1-19-4-2-12(3-5-19)20-9-11(8-18-20)10-6-13(15)14(16)17-7-10/h6-9,12H,2-5,15H2,1H3,(H2,16,17). The van der Waals surface area contributed by atoms with Crippen molar-refractivity contribution in [1.29, 1.82) is 0 Å². The van der Waals surface area contributed by atoms with Gasteiger partial charge in [0.2, 0.25) is 0 Å². The van der Waals surface area contributed by atoms with Crippen molar-refractivity contribution in [3.8, 4) is 11.1 Å². The molecule has 3 rings (SSSR count). The van der Waals surface area contributed by atoms with Gasteiger partial charge in [0.05, 0.1) is 12.2 Å². The number of nitrogens with two attached hydrogens (primary N) is 1. The second-order valence-corrected chi connectivity index (χ2v) is 5.67. The minimum absolute atomic E-state index is 0.516. The Morgan fingerprint density at radius 2 is 2.00 bits per heavy atom.